The second kappa shape index (κ2) is 5.61. The molecule has 6 heteroatoms. The van der Waals surface area contributed by atoms with Crippen LogP contribution >= 0.6 is 0 Å². The van der Waals surface area contributed by atoms with Gasteiger partial charge >= 0.3 is 0 Å². The van der Waals surface area contributed by atoms with Crippen LogP contribution in [0.2, 0.25) is 0 Å². The minimum Gasteiger partial charge on any atom is -0.268 e. The normalized spacial score (nSPS) is 18.3. The molecule has 3 rings (SSSR count). The van der Waals surface area contributed by atoms with Gasteiger partial charge in [0.25, 0.3) is 0 Å². The van der Waals surface area contributed by atoms with Crippen LogP contribution in [0, 0.1) is 0 Å². The van der Waals surface area contributed by atoms with Gasteiger partial charge in [0.15, 0.2) is 0 Å². The second-order valence-corrected chi connectivity index (χ2v) is 8.26. The first-order valence-electron chi connectivity index (χ1n) is 6.60. The maximum atomic E-state index is 12.7. The molecule has 0 aliphatic carbocycles. The molecule has 1 heterocycles. The predicted octanol–water partition coefficient (Wildman–Crippen LogP) is 2.14. The summed E-state index contributed by atoms with van der Waals surface area (Å²) < 4.78 is 38.7. The summed E-state index contributed by atoms with van der Waals surface area (Å²) >= 11 is 0. The first-order chi connectivity index (χ1) is 10.1. The minimum absolute atomic E-state index is 0.0468. The first-order valence-corrected chi connectivity index (χ1v) is 9.52. The fourth-order valence-corrected chi connectivity index (χ4v) is 5.39. The molecule has 1 unspecified atom stereocenters. The van der Waals surface area contributed by atoms with Gasteiger partial charge in [0, 0.05) is 12.3 Å². The van der Waals surface area contributed by atoms with Gasteiger partial charge in [0.2, 0.25) is 10.0 Å². The van der Waals surface area contributed by atoms with E-state index in [9.17, 15) is 12.6 Å². The lowest BCUT2D eigenvalue weighted by Crippen LogP contribution is -2.38. The second-order valence-electron chi connectivity index (χ2n) is 4.83. The molecule has 1 aliphatic heterocycles. The molecular formula is C15H15NO3S2. The highest BCUT2D eigenvalue weighted by Gasteiger charge is 2.30. The Morgan fingerprint density at radius 1 is 1.00 bits per heavy atom. The van der Waals surface area contributed by atoms with Crippen molar-refractivity contribution < 1.29 is 12.6 Å². The van der Waals surface area contributed by atoms with Gasteiger partial charge in [-0.25, -0.2) is 8.42 Å². The van der Waals surface area contributed by atoms with Gasteiger partial charge in [0.05, 0.1) is 27.1 Å². The van der Waals surface area contributed by atoms with Crippen LogP contribution in [0.15, 0.2) is 59.5 Å². The Kier molecular flexibility index (Phi) is 3.82. The van der Waals surface area contributed by atoms with Crippen LogP contribution in [0.1, 0.15) is 5.56 Å². The molecule has 0 saturated carbocycles. The molecule has 0 spiro atoms. The first kappa shape index (κ1) is 14.3. The molecule has 0 saturated heterocycles. The number of fused-ring (bicyclic) bond motifs is 1. The number of rotatable bonds is 3. The molecule has 0 radical (unpaired) electrons. The Morgan fingerprint density at radius 3 is 2.43 bits per heavy atom. The van der Waals surface area contributed by atoms with E-state index in [2.05, 4.69) is 0 Å². The lowest BCUT2D eigenvalue weighted by molar-refractivity contribution is 0.590. The van der Waals surface area contributed by atoms with Gasteiger partial charge < -0.3 is 0 Å². The zero-order chi connectivity index (χ0) is 14.9. The van der Waals surface area contributed by atoms with Crippen molar-refractivity contribution in [3.8, 4) is 0 Å². The van der Waals surface area contributed by atoms with E-state index in [0.29, 0.717) is 16.3 Å². The molecule has 1 aliphatic rings. The van der Waals surface area contributed by atoms with Crippen LogP contribution in [-0.2, 0) is 26.6 Å². The van der Waals surface area contributed by atoms with E-state index in [-0.39, 0.29) is 12.3 Å². The Bertz CT molecular complexity index is 773. The summed E-state index contributed by atoms with van der Waals surface area (Å²) in [5.74, 6) is 0.292. The molecule has 4 nitrogen and oxygen atoms in total. The minimum atomic E-state index is -3.47. The number of anilines is 1. The average molecular weight is 321 g/mol. The number of para-hydroxylation sites is 1. The maximum absolute atomic E-state index is 12.7. The molecule has 1 atom stereocenters. The van der Waals surface area contributed by atoms with Crippen LogP contribution < -0.4 is 4.31 Å². The van der Waals surface area contributed by atoms with Gasteiger partial charge in [-0.05, 0) is 17.7 Å². The summed E-state index contributed by atoms with van der Waals surface area (Å²) in [7, 11) is -4.60. The molecule has 0 N–H and O–H groups in total. The Labute approximate surface area is 126 Å². The highest BCUT2D eigenvalue weighted by molar-refractivity contribution is 7.92. The Morgan fingerprint density at radius 2 is 1.67 bits per heavy atom. The van der Waals surface area contributed by atoms with Crippen LogP contribution in [0.3, 0.4) is 0 Å². The highest BCUT2D eigenvalue weighted by Crippen LogP contribution is 2.31. The third kappa shape index (κ3) is 2.87. The van der Waals surface area contributed by atoms with Crippen LogP contribution in [0.5, 0.6) is 0 Å². The monoisotopic (exact) mass is 321 g/mol. The third-order valence-corrected chi connectivity index (χ3v) is 6.52. The van der Waals surface area contributed by atoms with Crippen molar-refractivity contribution >= 4 is 26.5 Å². The Hall–Kier alpha value is -1.66. The van der Waals surface area contributed by atoms with Crippen molar-refractivity contribution in [3.05, 3.63) is 60.2 Å². The predicted molar refractivity (Wildman–Crippen MR) is 84.1 cm³/mol. The number of nitrogens with zero attached hydrogens (tertiary/aromatic N) is 1. The van der Waals surface area contributed by atoms with Gasteiger partial charge in [0.1, 0.15) is 0 Å². The number of benzene rings is 2. The van der Waals surface area contributed by atoms with E-state index in [1.165, 1.54) is 4.31 Å². The molecule has 0 amide bonds. The van der Waals surface area contributed by atoms with Gasteiger partial charge in [-0.3, -0.25) is 8.51 Å². The highest BCUT2D eigenvalue weighted by atomic mass is 32.2. The average Bonchev–Trinajstić information content (AvgIpc) is 2.48. The fraction of sp³-hybridized carbons (Fsp3) is 0.200. The number of hydrogen-bond donors (Lipinski definition) is 0. The Balaban J connectivity index is 1.97. The summed E-state index contributed by atoms with van der Waals surface area (Å²) in [6.07, 6.45) is 0. The molecule has 0 bridgehead atoms. The van der Waals surface area contributed by atoms with E-state index in [1.54, 1.807) is 36.4 Å². The number of sulfonamides is 1. The van der Waals surface area contributed by atoms with Crippen molar-refractivity contribution in [2.24, 2.45) is 0 Å². The largest absolute Gasteiger partial charge is 0.268 e. The summed E-state index contributed by atoms with van der Waals surface area (Å²) in [5.41, 5.74) is 1.29. The fourth-order valence-electron chi connectivity index (χ4n) is 2.40. The molecule has 21 heavy (non-hydrogen) atoms. The zero-order valence-electron chi connectivity index (χ0n) is 11.3. The molecule has 2 aromatic rings. The standard InChI is InChI=1S/C15H15NO3S2/c17-20-11-10-16(14-8-4-5-9-15(14)20)21(18,19)12-13-6-2-1-3-7-13/h1-9H,10-12H2. The van der Waals surface area contributed by atoms with E-state index >= 15 is 0 Å². The van der Waals surface area contributed by atoms with Crippen LogP contribution in [0.4, 0.5) is 5.69 Å². The van der Waals surface area contributed by atoms with E-state index < -0.39 is 20.8 Å². The van der Waals surface area contributed by atoms with Crippen LogP contribution in [-0.4, -0.2) is 24.9 Å². The zero-order valence-corrected chi connectivity index (χ0v) is 12.9. The van der Waals surface area contributed by atoms with E-state index in [1.807, 2.05) is 18.2 Å². The molecule has 0 fully saturated rings. The van der Waals surface area contributed by atoms with Crippen molar-refractivity contribution in [2.45, 2.75) is 10.6 Å². The lowest BCUT2D eigenvalue weighted by Gasteiger charge is -2.29. The van der Waals surface area contributed by atoms with Crippen molar-refractivity contribution in [1.29, 1.82) is 0 Å². The van der Waals surface area contributed by atoms with Crippen molar-refractivity contribution in [3.63, 3.8) is 0 Å². The molecular weight excluding hydrogens is 306 g/mol. The smallest absolute Gasteiger partial charge is 0.239 e. The van der Waals surface area contributed by atoms with Crippen molar-refractivity contribution in [1.82, 2.24) is 0 Å². The summed E-state index contributed by atoms with van der Waals surface area (Å²) in [4.78, 5) is 0.598. The van der Waals surface area contributed by atoms with Gasteiger partial charge in [-0.2, -0.15) is 0 Å². The quantitative estimate of drug-likeness (QED) is 0.870. The maximum Gasteiger partial charge on any atom is 0.239 e. The summed E-state index contributed by atoms with van der Waals surface area (Å²) in [5, 5.41) is 0. The van der Waals surface area contributed by atoms with Crippen LogP contribution in [0.25, 0.3) is 0 Å². The van der Waals surface area contributed by atoms with Crippen molar-refractivity contribution in [2.75, 3.05) is 16.6 Å². The SMILES string of the molecule is O=S1CCN(S(=O)(=O)Cc2ccccc2)c2ccccc21. The molecule has 2 aromatic carbocycles. The summed E-state index contributed by atoms with van der Waals surface area (Å²) in [6, 6.07) is 16.1. The molecule has 110 valence electrons. The lowest BCUT2D eigenvalue weighted by atomic mass is 10.2. The number of hydrogen-bond acceptors (Lipinski definition) is 3. The van der Waals surface area contributed by atoms with Gasteiger partial charge in [-0.1, -0.05) is 42.5 Å². The topological polar surface area (TPSA) is 54.5 Å². The summed E-state index contributed by atoms with van der Waals surface area (Å²) in [6.45, 7) is 0.263. The van der Waals surface area contributed by atoms with E-state index in [0.717, 1.165) is 5.56 Å². The molecule has 0 aromatic heterocycles. The van der Waals surface area contributed by atoms with E-state index in [4.69, 9.17) is 0 Å². The van der Waals surface area contributed by atoms with Gasteiger partial charge in [-0.15, -0.1) is 0 Å². The third-order valence-electron chi connectivity index (χ3n) is 3.39.